The van der Waals surface area contributed by atoms with Gasteiger partial charge in [-0.25, -0.2) is 0 Å². The molecule has 0 spiro atoms. The molecule has 0 aromatic rings. The van der Waals surface area contributed by atoms with Crippen LogP contribution in [0.2, 0.25) is 0 Å². The molecule has 0 radical (unpaired) electrons. The summed E-state index contributed by atoms with van der Waals surface area (Å²) < 4.78 is 16.9. The molecule has 446 valence electrons. The number of esters is 3. The minimum Gasteiger partial charge on any atom is -0.462 e. The van der Waals surface area contributed by atoms with Crippen molar-refractivity contribution < 1.29 is 28.6 Å². The average molecular weight is 1090 g/mol. The number of carbonyl (C=O) groups is 3. The molecular weight excluding hydrogens is 973 g/mol. The van der Waals surface area contributed by atoms with Crippen molar-refractivity contribution in [2.45, 2.75) is 284 Å². The molecule has 0 aromatic carbocycles. The Kier molecular flexibility index (Phi) is 61.9. The molecule has 0 saturated heterocycles. The Hall–Kier alpha value is -4.71. The molecule has 0 aromatic heterocycles. The number of unbranched alkanes of at least 4 members (excludes halogenated alkanes) is 22. The maximum absolute atomic E-state index is 12.9. The van der Waals surface area contributed by atoms with Gasteiger partial charge in [-0.1, -0.05) is 263 Å². The van der Waals surface area contributed by atoms with E-state index in [0.29, 0.717) is 19.3 Å². The number of hydrogen-bond acceptors (Lipinski definition) is 6. The van der Waals surface area contributed by atoms with Crippen LogP contribution in [0.25, 0.3) is 0 Å². The van der Waals surface area contributed by atoms with Gasteiger partial charge in [0.05, 0.1) is 0 Å². The lowest BCUT2D eigenvalue weighted by atomic mass is 10.1. The predicted octanol–water partition coefficient (Wildman–Crippen LogP) is 22.3. The molecule has 6 nitrogen and oxygen atoms in total. The van der Waals surface area contributed by atoms with Crippen LogP contribution in [0.4, 0.5) is 0 Å². The maximum Gasteiger partial charge on any atom is 0.306 e. The summed E-state index contributed by atoms with van der Waals surface area (Å²) in [5, 5.41) is 0. The second-order valence-electron chi connectivity index (χ2n) is 20.9. The summed E-state index contributed by atoms with van der Waals surface area (Å²) >= 11 is 0. The summed E-state index contributed by atoms with van der Waals surface area (Å²) in [5.74, 6) is -0.993. The highest BCUT2D eigenvalue weighted by atomic mass is 16.6. The molecule has 0 heterocycles. The molecular formula is C73H118O6. The van der Waals surface area contributed by atoms with Gasteiger partial charge in [0.1, 0.15) is 13.2 Å². The zero-order chi connectivity index (χ0) is 57.1. The Morgan fingerprint density at radius 1 is 0.266 bits per heavy atom. The molecule has 0 aliphatic rings. The van der Waals surface area contributed by atoms with E-state index in [4.69, 9.17) is 14.2 Å². The molecule has 0 saturated carbocycles. The highest BCUT2D eigenvalue weighted by Gasteiger charge is 2.19. The van der Waals surface area contributed by atoms with Gasteiger partial charge in [-0.15, -0.1) is 0 Å². The first kappa shape index (κ1) is 74.3. The van der Waals surface area contributed by atoms with Gasteiger partial charge in [0.2, 0.25) is 0 Å². The molecule has 0 aliphatic heterocycles. The van der Waals surface area contributed by atoms with Crippen molar-refractivity contribution in [3.05, 3.63) is 146 Å². The lowest BCUT2D eigenvalue weighted by molar-refractivity contribution is -0.167. The SMILES string of the molecule is CC/C=C\C/C=C\C/C=C\C/C=C\C/C=C\C/C=C\C/C=C\CCCC(=O)OCC(COC(=O)CCCCCCCCC/C=C\C/C=C\CCCCC)OC(=O)CCCCCCCC/C=C\C/C=C\C/C=C\CCCCCCC. The average Bonchev–Trinajstić information content (AvgIpc) is 3.45. The normalized spacial score (nSPS) is 13.1. The molecule has 0 fully saturated rings. The van der Waals surface area contributed by atoms with Gasteiger partial charge in [0.15, 0.2) is 6.10 Å². The molecule has 0 aliphatic carbocycles. The maximum atomic E-state index is 12.9. The monoisotopic (exact) mass is 1090 g/mol. The molecule has 1 atom stereocenters. The summed E-state index contributed by atoms with van der Waals surface area (Å²) in [4.78, 5) is 38.4. The van der Waals surface area contributed by atoms with Gasteiger partial charge in [-0.3, -0.25) is 14.4 Å². The number of carbonyl (C=O) groups excluding carboxylic acids is 3. The van der Waals surface area contributed by atoms with Gasteiger partial charge in [-0.05, 0) is 141 Å². The zero-order valence-electron chi connectivity index (χ0n) is 51.1. The predicted molar refractivity (Wildman–Crippen MR) is 343 cm³/mol. The van der Waals surface area contributed by atoms with E-state index in [1.165, 1.54) is 103 Å². The highest BCUT2D eigenvalue weighted by molar-refractivity contribution is 5.71. The molecule has 1 unspecified atom stereocenters. The minimum atomic E-state index is -0.821. The summed E-state index contributed by atoms with van der Waals surface area (Å²) in [6.45, 7) is 6.43. The quantitative estimate of drug-likeness (QED) is 0.0261. The highest BCUT2D eigenvalue weighted by Crippen LogP contribution is 2.14. The summed E-state index contributed by atoms with van der Waals surface area (Å²) in [5.41, 5.74) is 0. The smallest absolute Gasteiger partial charge is 0.306 e. The van der Waals surface area contributed by atoms with E-state index in [1.54, 1.807) is 0 Å². The van der Waals surface area contributed by atoms with Crippen LogP contribution in [0.3, 0.4) is 0 Å². The van der Waals surface area contributed by atoms with Gasteiger partial charge in [-0.2, -0.15) is 0 Å². The van der Waals surface area contributed by atoms with Crippen molar-refractivity contribution in [1.29, 1.82) is 0 Å². The third kappa shape index (κ3) is 64.0. The summed E-state index contributed by atoms with van der Waals surface area (Å²) in [6.07, 6.45) is 94.2. The number of rotatable bonds is 57. The van der Waals surface area contributed by atoms with Gasteiger partial charge >= 0.3 is 17.9 Å². The zero-order valence-corrected chi connectivity index (χ0v) is 51.1. The molecule has 0 amide bonds. The van der Waals surface area contributed by atoms with Crippen LogP contribution < -0.4 is 0 Å². The van der Waals surface area contributed by atoms with Crippen LogP contribution >= 0.6 is 0 Å². The van der Waals surface area contributed by atoms with Crippen molar-refractivity contribution in [2.75, 3.05) is 13.2 Å². The lowest BCUT2D eigenvalue weighted by Crippen LogP contribution is -2.30. The van der Waals surface area contributed by atoms with Crippen molar-refractivity contribution in [3.8, 4) is 0 Å². The van der Waals surface area contributed by atoms with Crippen LogP contribution in [-0.4, -0.2) is 37.2 Å². The Bertz CT molecular complexity index is 1730. The first-order valence-electron chi connectivity index (χ1n) is 32.3. The van der Waals surface area contributed by atoms with E-state index >= 15 is 0 Å². The molecule has 0 N–H and O–H groups in total. The van der Waals surface area contributed by atoms with Gasteiger partial charge in [0, 0.05) is 19.3 Å². The van der Waals surface area contributed by atoms with Gasteiger partial charge in [0.25, 0.3) is 0 Å². The van der Waals surface area contributed by atoms with Crippen LogP contribution in [-0.2, 0) is 28.6 Å². The largest absolute Gasteiger partial charge is 0.462 e. The van der Waals surface area contributed by atoms with Crippen molar-refractivity contribution in [2.24, 2.45) is 0 Å². The molecule has 79 heavy (non-hydrogen) atoms. The Morgan fingerprint density at radius 3 is 0.848 bits per heavy atom. The van der Waals surface area contributed by atoms with Crippen LogP contribution in [0.1, 0.15) is 278 Å². The molecule has 6 heteroatoms. The second-order valence-corrected chi connectivity index (χ2v) is 20.9. The van der Waals surface area contributed by atoms with Gasteiger partial charge < -0.3 is 14.2 Å². The van der Waals surface area contributed by atoms with Crippen molar-refractivity contribution in [3.63, 3.8) is 0 Å². The third-order valence-electron chi connectivity index (χ3n) is 13.3. The fourth-order valence-corrected chi connectivity index (χ4v) is 8.47. The number of allylic oxidation sites excluding steroid dienone is 24. The van der Waals surface area contributed by atoms with Crippen molar-refractivity contribution >= 4 is 17.9 Å². The molecule has 0 bridgehead atoms. The topological polar surface area (TPSA) is 78.9 Å². The number of hydrogen-bond donors (Lipinski definition) is 0. The van der Waals surface area contributed by atoms with E-state index in [0.717, 1.165) is 128 Å². The standard InChI is InChI=1S/C73H118O6/c1-4-7-10-13-16-19-22-25-28-31-33-35-36-38-39-42-45-48-51-54-57-60-63-66-72(75)78-69-70(68-77-71(74)65-62-59-56-53-50-47-44-41-30-27-24-21-18-15-12-9-6-3)79-73(76)67-64-61-58-55-52-49-46-43-40-37-34-32-29-26-23-20-17-14-11-8-5-2/h7,10,16,18-19,21,23,25-28,30,32-35,38-40,43,45,48,54,57,70H,4-6,8-9,11-15,17,20,22,24,29,31,36-37,41-42,44,46-47,49-53,55-56,58-69H2,1-3H3/b10-7-,19-16-,21-18-,26-23-,28-25-,30-27-,34-32-,35-33-,39-38-,43-40-,48-45-,57-54-. The Morgan fingerprint density at radius 2 is 0.506 bits per heavy atom. The molecule has 0 rings (SSSR count). The lowest BCUT2D eigenvalue weighted by Gasteiger charge is -2.18. The first-order chi connectivity index (χ1) is 39.0. The van der Waals surface area contributed by atoms with Crippen LogP contribution in [0, 0.1) is 0 Å². The van der Waals surface area contributed by atoms with E-state index in [1.807, 2.05) is 0 Å². The fraction of sp³-hybridized carbons (Fsp3) is 0.630. The Balaban J connectivity index is 4.55. The third-order valence-corrected chi connectivity index (χ3v) is 13.3. The Labute approximate surface area is 487 Å². The van der Waals surface area contributed by atoms with E-state index in [9.17, 15) is 14.4 Å². The van der Waals surface area contributed by atoms with Crippen LogP contribution in [0.5, 0.6) is 0 Å². The minimum absolute atomic E-state index is 0.111. The van der Waals surface area contributed by atoms with E-state index in [-0.39, 0.29) is 37.5 Å². The van der Waals surface area contributed by atoms with Crippen LogP contribution in [0.15, 0.2) is 146 Å². The summed E-state index contributed by atoms with van der Waals surface area (Å²) in [6, 6.07) is 0. The summed E-state index contributed by atoms with van der Waals surface area (Å²) in [7, 11) is 0. The first-order valence-corrected chi connectivity index (χ1v) is 32.3. The van der Waals surface area contributed by atoms with E-state index < -0.39 is 6.10 Å². The second kappa shape index (κ2) is 65.8. The number of ether oxygens (including phenoxy) is 3. The van der Waals surface area contributed by atoms with E-state index in [2.05, 4.69) is 167 Å². The fourth-order valence-electron chi connectivity index (χ4n) is 8.47. The van der Waals surface area contributed by atoms with Crippen molar-refractivity contribution in [1.82, 2.24) is 0 Å².